The number of hydrogen-bond acceptors (Lipinski definition) is 5. The smallest absolute Gasteiger partial charge is 0.282 e. The van der Waals surface area contributed by atoms with Crippen LogP contribution in [0.2, 0.25) is 0 Å². The third-order valence-corrected chi connectivity index (χ3v) is 3.81. The summed E-state index contributed by atoms with van der Waals surface area (Å²) in [6.07, 6.45) is 2.03. The van der Waals surface area contributed by atoms with E-state index in [4.69, 9.17) is 0 Å². The number of nitrogens with zero attached hydrogens (tertiary/aromatic N) is 1. The van der Waals surface area contributed by atoms with E-state index >= 15 is 0 Å². The Kier molecular flexibility index (Phi) is 7.68. The van der Waals surface area contributed by atoms with Crippen molar-refractivity contribution in [2.45, 2.75) is 32.2 Å². The van der Waals surface area contributed by atoms with Gasteiger partial charge in [-0.3, -0.25) is 4.39 Å². The second kappa shape index (κ2) is 9.02. The molecular weight excluding hydrogens is 285 g/mol. The van der Waals surface area contributed by atoms with Gasteiger partial charge in [-0.1, -0.05) is 43.2 Å². The number of benzene rings is 1. The lowest BCUT2D eigenvalue weighted by Gasteiger charge is -2.25. The average Bonchev–Trinajstić information content (AvgIpc) is 2.38. The molecule has 0 amide bonds. The van der Waals surface area contributed by atoms with Gasteiger partial charge in [0.2, 0.25) is 0 Å². The van der Waals surface area contributed by atoms with E-state index in [0.717, 1.165) is 0 Å². The van der Waals surface area contributed by atoms with Crippen molar-refractivity contribution >= 4 is 10.1 Å². The van der Waals surface area contributed by atoms with E-state index in [-0.39, 0.29) is 17.5 Å². The van der Waals surface area contributed by atoms with Crippen LogP contribution in [0.5, 0.6) is 0 Å². The largest absolute Gasteiger partial charge is 0.761 e. The molecule has 20 heavy (non-hydrogen) atoms. The zero-order chi connectivity index (χ0) is 14.8. The van der Waals surface area contributed by atoms with E-state index in [1.165, 1.54) is 0 Å². The first-order valence-corrected chi connectivity index (χ1v) is 8.08. The van der Waals surface area contributed by atoms with Gasteiger partial charge in [-0.15, -0.1) is 0 Å². The summed E-state index contributed by atoms with van der Waals surface area (Å²) < 4.78 is 39.3. The van der Waals surface area contributed by atoms with Gasteiger partial charge in [0, 0.05) is 6.54 Å². The minimum Gasteiger partial charge on any atom is -0.761 e. The Morgan fingerprint density at radius 3 is 2.40 bits per heavy atom. The molecule has 7 heteroatoms. The Morgan fingerprint density at radius 2 is 1.75 bits per heavy atom. The van der Waals surface area contributed by atoms with Crippen molar-refractivity contribution in [1.29, 1.82) is 0 Å². The fraction of sp³-hybridized carbons (Fsp3) is 0.538. The molecule has 0 aliphatic heterocycles. The Bertz CT molecular complexity index is 467. The van der Waals surface area contributed by atoms with Crippen LogP contribution in [0.15, 0.2) is 30.3 Å². The maximum Gasteiger partial charge on any atom is 0.282 e. The van der Waals surface area contributed by atoms with Crippen LogP contribution in [0.4, 0.5) is 4.39 Å². The van der Waals surface area contributed by atoms with E-state index in [1.807, 2.05) is 0 Å². The minimum absolute atomic E-state index is 0.0617. The zero-order valence-corrected chi connectivity index (χ0v) is 12.0. The Labute approximate surface area is 119 Å². The van der Waals surface area contributed by atoms with E-state index in [0.29, 0.717) is 31.2 Å². The van der Waals surface area contributed by atoms with Gasteiger partial charge in [0.15, 0.2) is 0 Å². The number of halogens is 1. The number of unbranched alkanes of at least 4 members (excludes halogenated alkanes) is 3. The normalized spacial score (nSPS) is 11.9. The molecule has 0 aliphatic carbocycles. The molecular formula is C13H19FNO4S-. The number of alkyl halides is 1. The second-order valence-electron chi connectivity index (χ2n) is 4.42. The Balaban J connectivity index is 2.30. The molecule has 0 fully saturated rings. The second-order valence-corrected chi connectivity index (χ2v) is 6.09. The van der Waals surface area contributed by atoms with Gasteiger partial charge < -0.3 is 5.21 Å². The standard InChI is InChI=1S/C13H19FNO4S/c14-10-6-1-2-7-11-20(17,18)19-15(16)12-13-8-4-3-5-9-13/h3-5,8-9H,1-2,6-7,10-12H2/q-1. The summed E-state index contributed by atoms with van der Waals surface area (Å²) in [5, 5.41) is 11.5. The lowest BCUT2D eigenvalue weighted by Crippen LogP contribution is -2.23. The van der Waals surface area contributed by atoms with Crippen LogP contribution in [-0.2, 0) is 20.9 Å². The summed E-state index contributed by atoms with van der Waals surface area (Å²) in [4.78, 5) is 0. The fourth-order valence-corrected chi connectivity index (χ4v) is 2.59. The Morgan fingerprint density at radius 1 is 1.10 bits per heavy atom. The molecule has 0 saturated heterocycles. The highest BCUT2D eigenvalue weighted by molar-refractivity contribution is 7.86. The van der Waals surface area contributed by atoms with Crippen LogP contribution in [0, 0.1) is 5.21 Å². The zero-order valence-electron chi connectivity index (χ0n) is 11.2. The van der Waals surface area contributed by atoms with Crippen molar-refractivity contribution < 1.29 is 17.1 Å². The highest BCUT2D eigenvalue weighted by atomic mass is 32.2. The quantitative estimate of drug-likeness (QED) is 0.491. The molecule has 0 unspecified atom stereocenters. The van der Waals surface area contributed by atoms with Crippen molar-refractivity contribution in [2.24, 2.45) is 0 Å². The van der Waals surface area contributed by atoms with Crippen molar-refractivity contribution in [2.75, 3.05) is 12.4 Å². The van der Waals surface area contributed by atoms with Gasteiger partial charge in [0.25, 0.3) is 10.1 Å². The summed E-state index contributed by atoms with van der Waals surface area (Å²) in [7, 11) is -3.87. The van der Waals surface area contributed by atoms with Crippen LogP contribution < -0.4 is 0 Å². The van der Waals surface area contributed by atoms with Gasteiger partial charge in [-0.25, -0.2) is 5.23 Å². The summed E-state index contributed by atoms with van der Waals surface area (Å²) >= 11 is 0. The van der Waals surface area contributed by atoms with Crippen LogP contribution in [0.1, 0.15) is 31.2 Å². The topological polar surface area (TPSA) is 69.7 Å². The number of rotatable bonds is 10. The molecule has 1 aromatic rings. The van der Waals surface area contributed by atoms with E-state index in [1.54, 1.807) is 30.3 Å². The molecule has 0 saturated carbocycles. The molecule has 114 valence electrons. The molecule has 0 bridgehead atoms. The first-order chi connectivity index (χ1) is 9.53. The van der Waals surface area contributed by atoms with E-state index in [9.17, 15) is 18.0 Å². The highest BCUT2D eigenvalue weighted by Crippen LogP contribution is 2.09. The number of hydrogen-bond donors (Lipinski definition) is 0. The Hall–Kier alpha value is -1.02. The fourth-order valence-electron chi connectivity index (χ4n) is 1.65. The molecule has 0 aromatic heterocycles. The molecule has 0 heterocycles. The maximum absolute atomic E-state index is 11.8. The van der Waals surface area contributed by atoms with Crippen molar-refractivity contribution in [3.8, 4) is 0 Å². The van der Waals surface area contributed by atoms with Gasteiger partial charge in [-0.05, 0) is 18.4 Å². The molecule has 0 spiro atoms. The molecule has 0 radical (unpaired) electrons. The predicted molar refractivity (Wildman–Crippen MR) is 74.7 cm³/mol. The summed E-state index contributed by atoms with van der Waals surface area (Å²) in [5.74, 6) is -0.229. The van der Waals surface area contributed by atoms with Gasteiger partial charge >= 0.3 is 0 Å². The van der Waals surface area contributed by atoms with Crippen LogP contribution in [0.3, 0.4) is 0 Å². The minimum atomic E-state index is -3.87. The van der Waals surface area contributed by atoms with Crippen LogP contribution in [0.25, 0.3) is 0 Å². The molecule has 1 aromatic carbocycles. The molecule has 5 nitrogen and oxygen atoms in total. The molecule has 1 rings (SSSR count). The summed E-state index contributed by atoms with van der Waals surface area (Å²) in [6, 6.07) is 8.72. The first-order valence-electron chi connectivity index (χ1n) is 6.50. The summed E-state index contributed by atoms with van der Waals surface area (Å²) in [5.41, 5.74) is 0.667. The lowest BCUT2D eigenvalue weighted by molar-refractivity contribution is -0.00732. The van der Waals surface area contributed by atoms with Crippen LogP contribution >= 0.6 is 0 Å². The van der Waals surface area contributed by atoms with Gasteiger partial charge in [0.1, 0.15) is 0 Å². The van der Waals surface area contributed by atoms with E-state index < -0.39 is 16.8 Å². The maximum atomic E-state index is 11.8. The predicted octanol–water partition coefficient (Wildman–Crippen LogP) is 2.78. The SMILES string of the molecule is O=S(=O)(CCCCCCF)ON([O-])Cc1ccccc1. The average molecular weight is 304 g/mol. The summed E-state index contributed by atoms with van der Waals surface area (Å²) in [6.45, 7) is -0.545. The molecule has 0 atom stereocenters. The number of hydroxylamine groups is 2. The van der Waals surface area contributed by atoms with Gasteiger partial charge in [0.05, 0.1) is 12.4 Å². The monoisotopic (exact) mass is 304 g/mol. The third-order valence-electron chi connectivity index (χ3n) is 2.63. The highest BCUT2D eigenvalue weighted by Gasteiger charge is 2.12. The van der Waals surface area contributed by atoms with E-state index in [2.05, 4.69) is 4.28 Å². The van der Waals surface area contributed by atoms with Gasteiger partial charge in [-0.2, -0.15) is 12.7 Å². The van der Waals surface area contributed by atoms with Crippen molar-refractivity contribution in [3.63, 3.8) is 0 Å². The lowest BCUT2D eigenvalue weighted by atomic mass is 10.2. The third kappa shape index (κ3) is 7.54. The van der Waals surface area contributed by atoms with Crippen molar-refractivity contribution in [3.05, 3.63) is 41.1 Å². The van der Waals surface area contributed by atoms with Crippen LogP contribution in [-0.4, -0.2) is 26.1 Å². The molecule has 0 aliphatic rings. The molecule has 0 N–H and O–H groups in total. The van der Waals surface area contributed by atoms with Crippen molar-refractivity contribution in [1.82, 2.24) is 5.23 Å². The first kappa shape index (κ1) is 17.0.